The number of ether oxygens (including phenoxy) is 1. The first-order valence-electron chi connectivity index (χ1n) is 2.73. The van der Waals surface area contributed by atoms with Gasteiger partial charge in [0, 0.05) is 6.54 Å². The smallest absolute Gasteiger partial charge is 0.309 e. The first-order chi connectivity index (χ1) is 4.31. The molecule has 9 heavy (non-hydrogen) atoms. The van der Waals surface area contributed by atoms with Crippen molar-refractivity contribution in [1.82, 2.24) is 0 Å². The Morgan fingerprint density at radius 2 is 2.33 bits per heavy atom. The number of esters is 1. The van der Waals surface area contributed by atoms with Gasteiger partial charge in [-0.25, -0.2) is 0 Å². The fourth-order valence-corrected chi connectivity index (χ4v) is 0.359. The van der Waals surface area contributed by atoms with E-state index in [0.717, 1.165) is 0 Å². The Bertz CT molecular complexity index is 110. The number of nitrogens with two attached hydrogens (primary N) is 1. The number of carbonyl (C=O) groups excluding carboxylic acids is 1. The van der Waals surface area contributed by atoms with Gasteiger partial charge in [-0.1, -0.05) is 12.2 Å². The standard InChI is InChI=1S/C6H11NO2/c1-9-6(8)4-2-3-5-7/h2-3H,4-5,7H2,1H3/b3-2+. The molecule has 0 aliphatic heterocycles. The molecule has 0 aliphatic carbocycles. The normalized spacial score (nSPS) is 10.0. The number of hydrogen-bond donors (Lipinski definition) is 1. The van der Waals surface area contributed by atoms with E-state index in [1.165, 1.54) is 7.11 Å². The largest absolute Gasteiger partial charge is 0.469 e. The number of methoxy groups -OCH3 is 1. The molecule has 3 nitrogen and oxygen atoms in total. The number of carbonyl (C=O) groups is 1. The molecule has 0 bridgehead atoms. The maximum atomic E-state index is 10.4. The quantitative estimate of drug-likeness (QED) is 0.433. The fraction of sp³-hybridized carbons (Fsp3) is 0.500. The van der Waals surface area contributed by atoms with Gasteiger partial charge in [-0.15, -0.1) is 0 Å². The maximum absolute atomic E-state index is 10.4. The molecule has 0 fully saturated rings. The van der Waals surface area contributed by atoms with Gasteiger partial charge in [0.2, 0.25) is 0 Å². The summed E-state index contributed by atoms with van der Waals surface area (Å²) in [7, 11) is 1.36. The van der Waals surface area contributed by atoms with Crippen LogP contribution in [0.4, 0.5) is 0 Å². The van der Waals surface area contributed by atoms with Crippen LogP contribution >= 0.6 is 0 Å². The Balaban J connectivity index is 3.26. The summed E-state index contributed by atoms with van der Waals surface area (Å²) in [6, 6.07) is 0. The van der Waals surface area contributed by atoms with E-state index in [1.807, 2.05) is 0 Å². The van der Waals surface area contributed by atoms with Gasteiger partial charge in [0.1, 0.15) is 0 Å². The van der Waals surface area contributed by atoms with E-state index >= 15 is 0 Å². The molecule has 0 spiro atoms. The van der Waals surface area contributed by atoms with Crippen molar-refractivity contribution in [3.63, 3.8) is 0 Å². The molecular formula is C6H11NO2. The van der Waals surface area contributed by atoms with Gasteiger partial charge in [0.15, 0.2) is 0 Å². The first kappa shape index (κ1) is 8.17. The molecule has 0 radical (unpaired) electrons. The van der Waals surface area contributed by atoms with Crippen LogP contribution in [0.15, 0.2) is 12.2 Å². The van der Waals surface area contributed by atoms with Crippen molar-refractivity contribution in [2.24, 2.45) is 5.73 Å². The van der Waals surface area contributed by atoms with Crippen molar-refractivity contribution >= 4 is 5.97 Å². The SMILES string of the molecule is COC(=O)C/C=C/CN. The van der Waals surface area contributed by atoms with Crippen LogP contribution in [0.25, 0.3) is 0 Å². The summed E-state index contributed by atoms with van der Waals surface area (Å²) in [6.07, 6.45) is 3.72. The highest BCUT2D eigenvalue weighted by atomic mass is 16.5. The Kier molecular flexibility index (Phi) is 4.82. The van der Waals surface area contributed by atoms with Crippen molar-refractivity contribution < 1.29 is 9.53 Å². The average Bonchev–Trinajstić information content (AvgIpc) is 1.89. The lowest BCUT2D eigenvalue weighted by molar-refractivity contribution is -0.139. The van der Waals surface area contributed by atoms with Crippen molar-refractivity contribution in [1.29, 1.82) is 0 Å². The predicted molar refractivity (Wildman–Crippen MR) is 34.8 cm³/mol. The van der Waals surface area contributed by atoms with E-state index < -0.39 is 0 Å². The topological polar surface area (TPSA) is 52.3 Å². The molecule has 0 aromatic rings. The van der Waals surface area contributed by atoms with Crippen LogP contribution in [0, 0.1) is 0 Å². The third kappa shape index (κ3) is 5.03. The molecule has 0 amide bonds. The van der Waals surface area contributed by atoms with Crippen molar-refractivity contribution in [3.8, 4) is 0 Å². The molecule has 0 atom stereocenters. The monoisotopic (exact) mass is 129 g/mol. The van der Waals surface area contributed by atoms with Gasteiger partial charge in [0.25, 0.3) is 0 Å². The Hall–Kier alpha value is -0.830. The van der Waals surface area contributed by atoms with Gasteiger partial charge < -0.3 is 10.5 Å². The highest BCUT2D eigenvalue weighted by molar-refractivity contribution is 5.70. The van der Waals surface area contributed by atoms with Crippen LogP contribution in [0.3, 0.4) is 0 Å². The van der Waals surface area contributed by atoms with Crippen LogP contribution in [0.2, 0.25) is 0 Å². The van der Waals surface area contributed by atoms with E-state index in [9.17, 15) is 4.79 Å². The van der Waals surface area contributed by atoms with E-state index in [0.29, 0.717) is 13.0 Å². The number of hydrogen-bond acceptors (Lipinski definition) is 3. The third-order valence-corrected chi connectivity index (χ3v) is 0.815. The fourth-order valence-electron chi connectivity index (χ4n) is 0.359. The van der Waals surface area contributed by atoms with Gasteiger partial charge >= 0.3 is 5.97 Å². The maximum Gasteiger partial charge on any atom is 0.309 e. The van der Waals surface area contributed by atoms with Gasteiger partial charge in [-0.05, 0) is 0 Å². The first-order valence-corrected chi connectivity index (χ1v) is 2.73. The molecule has 0 heterocycles. The summed E-state index contributed by atoms with van der Waals surface area (Å²) in [5.74, 6) is -0.236. The highest BCUT2D eigenvalue weighted by Crippen LogP contribution is 1.84. The molecule has 0 saturated heterocycles. The van der Waals surface area contributed by atoms with Crippen LogP contribution in [0.1, 0.15) is 6.42 Å². The van der Waals surface area contributed by atoms with Crippen molar-refractivity contribution in [2.45, 2.75) is 6.42 Å². The summed E-state index contributed by atoms with van der Waals surface area (Å²) < 4.78 is 4.37. The van der Waals surface area contributed by atoms with Crippen LogP contribution < -0.4 is 5.73 Å². The molecule has 0 aromatic carbocycles. The van der Waals surface area contributed by atoms with Crippen LogP contribution in [-0.2, 0) is 9.53 Å². The molecule has 0 rings (SSSR count). The second kappa shape index (κ2) is 5.31. The average molecular weight is 129 g/mol. The Morgan fingerprint density at radius 3 is 2.78 bits per heavy atom. The zero-order chi connectivity index (χ0) is 7.11. The van der Waals surface area contributed by atoms with E-state index in [-0.39, 0.29) is 5.97 Å². The van der Waals surface area contributed by atoms with E-state index in [1.54, 1.807) is 12.2 Å². The summed E-state index contributed by atoms with van der Waals surface area (Å²) in [6.45, 7) is 0.469. The molecule has 2 N–H and O–H groups in total. The summed E-state index contributed by atoms with van der Waals surface area (Å²) in [5.41, 5.74) is 5.12. The van der Waals surface area contributed by atoms with Crippen molar-refractivity contribution in [3.05, 3.63) is 12.2 Å². The van der Waals surface area contributed by atoms with Gasteiger partial charge in [0.05, 0.1) is 13.5 Å². The van der Waals surface area contributed by atoms with Crippen LogP contribution in [-0.4, -0.2) is 19.6 Å². The zero-order valence-corrected chi connectivity index (χ0v) is 5.46. The molecule has 0 unspecified atom stereocenters. The summed E-state index contributed by atoms with van der Waals surface area (Å²) in [4.78, 5) is 10.4. The predicted octanol–water partition coefficient (Wildman–Crippen LogP) is 0.0644. The van der Waals surface area contributed by atoms with Crippen LogP contribution in [0.5, 0.6) is 0 Å². The van der Waals surface area contributed by atoms with Gasteiger partial charge in [-0.3, -0.25) is 4.79 Å². The minimum atomic E-state index is -0.236. The van der Waals surface area contributed by atoms with E-state index in [2.05, 4.69) is 4.74 Å². The number of rotatable bonds is 3. The summed E-state index contributed by atoms with van der Waals surface area (Å²) in [5, 5.41) is 0. The second-order valence-electron chi connectivity index (χ2n) is 1.49. The molecule has 0 saturated carbocycles. The molecular weight excluding hydrogens is 118 g/mol. The lowest BCUT2D eigenvalue weighted by Gasteiger charge is -1.90. The Labute approximate surface area is 54.5 Å². The lowest BCUT2D eigenvalue weighted by atomic mass is 10.4. The molecule has 0 aromatic heterocycles. The third-order valence-electron chi connectivity index (χ3n) is 0.815. The highest BCUT2D eigenvalue weighted by Gasteiger charge is 1.91. The lowest BCUT2D eigenvalue weighted by Crippen LogP contribution is -1.98. The summed E-state index contributed by atoms with van der Waals surface area (Å²) >= 11 is 0. The molecule has 52 valence electrons. The van der Waals surface area contributed by atoms with Gasteiger partial charge in [-0.2, -0.15) is 0 Å². The minimum absolute atomic E-state index is 0.236. The minimum Gasteiger partial charge on any atom is -0.469 e. The second-order valence-corrected chi connectivity index (χ2v) is 1.49. The molecule has 3 heteroatoms. The zero-order valence-electron chi connectivity index (χ0n) is 5.46. The van der Waals surface area contributed by atoms with Crippen molar-refractivity contribution in [2.75, 3.05) is 13.7 Å². The Morgan fingerprint density at radius 1 is 1.67 bits per heavy atom. The molecule has 0 aliphatic rings. The van der Waals surface area contributed by atoms with E-state index in [4.69, 9.17) is 5.73 Å².